The predicted molar refractivity (Wildman–Crippen MR) is 49.9 cm³/mol. The summed E-state index contributed by atoms with van der Waals surface area (Å²) in [7, 11) is 0. The molecule has 14 heavy (non-hydrogen) atoms. The van der Waals surface area contributed by atoms with Crippen LogP contribution in [0.2, 0.25) is 0 Å². The Morgan fingerprint density at radius 1 is 1.43 bits per heavy atom. The Balaban J connectivity index is 2.63. The molecule has 0 bridgehead atoms. The van der Waals surface area contributed by atoms with E-state index in [0.29, 0.717) is 16.7 Å². The lowest BCUT2D eigenvalue weighted by Crippen LogP contribution is -2.00. The van der Waals surface area contributed by atoms with E-state index in [0.717, 1.165) is 5.39 Å². The normalized spacial score (nSPS) is 11.1. The third kappa shape index (κ3) is 0.861. The largest absolute Gasteiger partial charge is 0.462 e. The fraction of sp³-hybridized carbons (Fsp3) is 0. The van der Waals surface area contributed by atoms with E-state index in [4.69, 9.17) is 4.42 Å². The molecule has 5 nitrogen and oxygen atoms in total. The molecule has 3 aromatic heterocycles. The Labute approximate surface area is 77.4 Å². The Kier molecular flexibility index (Phi) is 1.25. The monoisotopic (exact) mass is 187 g/mol. The molecule has 0 aliphatic carbocycles. The van der Waals surface area contributed by atoms with Crippen LogP contribution >= 0.6 is 0 Å². The van der Waals surface area contributed by atoms with Crippen molar-refractivity contribution in [2.75, 3.05) is 0 Å². The zero-order chi connectivity index (χ0) is 9.54. The molecule has 3 rings (SSSR count). The van der Waals surface area contributed by atoms with Crippen molar-refractivity contribution in [3.8, 4) is 0 Å². The molecule has 0 atom stereocenters. The molecule has 3 heterocycles. The van der Waals surface area contributed by atoms with Gasteiger partial charge in [0.1, 0.15) is 0 Å². The molecule has 0 saturated carbocycles. The number of fused-ring (bicyclic) bond motifs is 2. The number of aromatic amines is 1. The topological polar surface area (TPSA) is 71.8 Å². The minimum absolute atomic E-state index is 0.150. The number of hydrogen-bond donors (Lipinski definition) is 1. The van der Waals surface area contributed by atoms with Crippen LogP contribution in [-0.2, 0) is 0 Å². The van der Waals surface area contributed by atoms with Crippen molar-refractivity contribution < 1.29 is 4.42 Å². The van der Waals surface area contributed by atoms with Crippen LogP contribution in [0.4, 0.5) is 0 Å². The predicted octanol–water partition coefficient (Wildman–Crippen LogP) is 1.06. The number of pyridine rings is 1. The highest BCUT2D eigenvalue weighted by Crippen LogP contribution is 2.14. The number of nitrogens with zero attached hydrogens (tertiary/aromatic N) is 2. The van der Waals surface area contributed by atoms with Crippen molar-refractivity contribution in [1.82, 2.24) is 15.2 Å². The second-order valence-corrected chi connectivity index (χ2v) is 2.93. The third-order valence-corrected chi connectivity index (χ3v) is 2.04. The molecule has 0 aromatic carbocycles. The van der Waals surface area contributed by atoms with E-state index < -0.39 is 0 Å². The molecule has 0 spiro atoms. The van der Waals surface area contributed by atoms with Gasteiger partial charge in [0, 0.05) is 11.5 Å². The molecular weight excluding hydrogens is 182 g/mol. The average Bonchev–Trinajstić information content (AvgIpc) is 2.62. The van der Waals surface area contributed by atoms with Gasteiger partial charge in [-0.15, -0.1) is 0 Å². The van der Waals surface area contributed by atoms with Crippen LogP contribution in [0.5, 0.6) is 0 Å². The first-order valence-electron chi connectivity index (χ1n) is 4.06. The van der Waals surface area contributed by atoms with Crippen LogP contribution in [0.3, 0.4) is 0 Å². The second kappa shape index (κ2) is 2.41. The second-order valence-electron chi connectivity index (χ2n) is 2.93. The van der Waals surface area contributed by atoms with Gasteiger partial charge < -0.3 is 4.42 Å². The summed E-state index contributed by atoms with van der Waals surface area (Å²) in [6.45, 7) is 0. The van der Waals surface area contributed by atoms with Gasteiger partial charge in [-0.1, -0.05) is 0 Å². The SMILES string of the molecule is O=c1ccoc2cc3cn[nH]c3nc12. The Bertz CT molecular complexity index is 668. The van der Waals surface area contributed by atoms with Gasteiger partial charge in [0.05, 0.1) is 12.5 Å². The van der Waals surface area contributed by atoms with E-state index in [1.165, 1.54) is 12.3 Å². The maximum absolute atomic E-state index is 11.4. The van der Waals surface area contributed by atoms with E-state index in [9.17, 15) is 4.79 Å². The fourth-order valence-electron chi connectivity index (χ4n) is 1.37. The highest BCUT2D eigenvalue weighted by molar-refractivity contribution is 5.86. The molecule has 5 heteroatoms. The van der Waals surface area contributed by atoms with Crippen molar-refractivity contribution in [2.24, 2.45) is 0 Å². The summed E-state index contributed by atoms with van der Waals surface area (Å²) < 4.78 is 5.17. The van der Waals surface area contributed by atoms with Gasteiger partial charge in [0.15, 0.2) is 16.7 Å². The molecule has 0 radical (unpaired) electrons. The number of hydrogen-bond acceptors (Lipinski definition) is 4. The van der Waals surface area contributed by atoms with E-state index >= 15 is 0 Å². The summed E-state index contributed by atoms with van der Waals surface area (Å²) >= 11 is 0. The van der Waals surface area contributed by atoms with Gasteiger partial charge in [0.25, 0.3) is 0 Å². The first kappa shape index (κ1) is 7.25. The van der Waals surface area contributed by atoms with E-state index in [-0.39, 0.29) is 5.43 Å². The van der Waals surface area contributed by atoms with E-state index in [1.807, 2.05) is 0 Å². The number of aromatic nitrogens is 3. The quantitative estimate of drug-likeness (QED) is 0.571. The summed E-state index contributed by atoms with van der Waals surface area (Å²) in [5.41, 5.74) is 1.24. The van der Waals surface area contributed by atoms with Crippen LogP contribution in [-0.4, -0.2) is 15.2 Å². The average molecular weight is 187 g/mol. The standard InChI is InChI=1S/C9H5N3O2/c13-6-1-2-14-7-3-5-4-10-12-9(5)11-8(6)7/h1-4H,(H,10,11,12). The molecular formula is C9H5N3O2. The van der Waals surface area contributed by atoms with Crippen LogP contribution < -0.4 is 5.43 Å². The van der Waals surface area contributed by atoms with Gasteiger partial charge in [-0.05, 0) is 6.07 Å². The number of rotatable bonds is 0. The lowest BCUT2D eigenvalue weighted by atomic mass is 10.3. The maximum atomic E-state index is 11.4. The molecule has 3 aromatic rings. The molecule has 0 fully saturated rings. The van der Waals surface area contributed by atoms with Crippen LogP contribution in [0.25, 0.3) is 22.1 Å². The molecule has 0 aliphatic heterocycles. The van der Waals surface area contributed by atoms with E-state index in [2.05, 4.69) is 15.2 Å². The lowest BCUT2D eigenvalue weighted by molar-refractivity contribution is 0.602. The summed E-state index contributed by atoms with van der Waals surface area (Å²) in [4.78, 5) is 15.5. The summed E-state index contributed by atoms with van der Waals surface area (Å²) in [6.07, 6.45) is 2.99. The van der Waals surface area contributed by atoms with Crippen molar-refractivity contribution in [2.45, 2.75) is 0 Å². The van der Waals surface area contributed by atoms with Crippen LogP contribution in [0, 0.1) is 0 Å². The van der Waals surface area contributed by atoms with Crippen molar-refractivity contribution in [1.29, 1.82) is 0 Å². The lowest BCUT2D eigenvalue weighted by Gasteiger charge is -1.93. The molecule has 0 unspecified atom stereocenters. The first-order chi connectivity index (χ1) is 6.84. The zero-order valence-electron chi connectivity index (χ0n) is 7.02. The maximum Gasteiger partial charge on any atom is 0.211 e. The summed E-state index contributed by atoms with van der Waals surface area (Å²) in [6, 6.07) is 3.08. The Hall–Kier alpha value is -2.17. The van der Waals surface area contributed by atoms with Crippen molar-refractivity contribution >= 4 is 22.1 Å². The fourth-order valence-corrected chi connectivity index (χ4v) is 1.37. The summed E-state index contributed by atoms with van der Waals surface area (Å²) in [5.74, 6) is 0. The van der Waals surface area contributed by atoms with Gasteiger partial charge in [-0.25, -0.2) is 4.98 Å². The smallest absolute Gasteiger partial charge is 0.211 e. The molecule has 0 amide bonds. The molecule has 1 N–H and O–H groups in total. The van der Waals surface area contributed by atoms with Gasteiger partial charge >= 0.3 is 0 Å². The minimum Gasteiger partial charge on any atom is -0.462 e. The van der Waals surface area contributed by atoms with Crippen LogP contribution in [0.1, 0.15) is 0 Å². The Morgan fingerprint density at radius 3 is 3.29 bits per heavy atom. The van der Waals surface area contributed by atoms with Gasteiger partial charge in [0.2, 0.25) is 5.43 Å². The van der Waals surface area contributed by atoms with Crippen LogP contribution in [0.15, 0.2) is 33.8 Å². The van der Waals surface area contributed by atoms with Gasteiger partial charge in [-0.3, -0.25) is 9.89 Å². The molecule has 0 aliphatic rings. The minimum atomic E-state index is -0.150. The number of nitrogens with one attached hydrogen (secondary N) is 1. The van der Waals surface area contributed by atoms with Crippen molar-refractivity contribution in [3.05, 3.63) is 34.8 Å². The Morgan fingerprint density at radius 2 is 2.36 bits per heavy atom. The zero-order valence-corrected chi connectivity index (χ0v) is 7.02. The number of H-pyrrole nitrogens is 1. The van der Waals surface area contributed by atoms with E-state index in [1.54, 1.807) is 12.3 Å². The van der Waals surface area contributed by atoms with Crippen molar-refractivity contribution in [3.63, 3.8) is 0 Å². The highest BCUT2D eigenvalue weighted by atomic mass is 16.3. The molecule has 0 saturated heterocycles. The highest BCUT2D eigenvalue weighted by Gasteiger charge is 2.04. The third-order valence-electron chi connectivity index (χ3n) is 2.04. The summed E-state index contributed by atoms with van der Waals surface area (Å²) in [5, 5.41) is 7.35. The molecule has 68 valence electrons. The first-order valence-corrected chi connectivity index (χ1v) is 4.06. The van der Waals surface area contributed by atoms with Gasteiger partial charge in [-0.2, -0.15) is 5.10 Å².